The van der Waals surface area contributed by atoms with Crippen molar-refractivity contribution in [1.29, 1.82) is 0 Å². The van der Waals surface area contributed by atoms with E-state index in [4.69, 9.17) is 32.7 Å². The van der Waals surface area contributed by atoms with Gasteiger partial charge >= 0.3 is 0 Å². The molecule has 3 amide bonds. The molecule has 0 radical (unpaired) electrons. The highest BCUT2D eigenvalue weighted by Crippen LogP contribution is 2.32. The van der Waals surface area contributed by atoms with Crippen LogP contribution in [0, 0.1) is 0 Å². The van der Waals surface area contributed by atoms with E-state index in [-0.39, 0.29) is 10.7 Å². The number of anilines is 3. The van der Waals surface area contributed by atoms with Gasteiger partial charge in [0.2, 0.25) is 0 Å². The summed E-state index contributed by atoms with van der Waals surface area (Å²) >= 11 is 12.1. The van der Waals surface area contributed by atoms with Crippen LogP contribution < -0.4 is 25.0 Å². The van der Waals surface area contributed by atoms with Gasteiger partial charge < -0.3 is 20.1 Å². The molecule has 0 saturated carbocycles. The number of halogens is 2. The minimum atomic E-state index is -0.665. The number of amides is 3. The minimum absolute atomic E-state index is 0.0963. The molecule has 8 nitrogen and oxygen atoms in total. The van der Waals surface area contributed by atoms with E-state index in [1.54, 1.807) is 60.7 Å². The van der Waals surface area contributed by atoms with E-state index in [2.05, 4.69) is 10.6 Å². The minimum Gasteiger partial charge on any atom is -0.497 e. The molecule has 35 heavy (non-hydrogen) atoms. The number of ether oxygens (including phenoxy) is 2. The Balaban J connectivity index is 1.53. The van der Waals surface area contributed by atoms with Gasteiger partial charge in [-0.15, -0.1) is 0 Å². The Morgan fingerprint density at radius 3 is 2.31 bits per heavy atom. The first-order chi connectivity index (χ1) is 16.8. The standard InChI is InChI=1S/C25H19Cl2N3O5/c1-34-18-10-11-19(20(13-18)35-2)29-23(31)14-4-3-5-16(12-14)28-22-21(27)24(32)30(25(22)33)17-8-6-15(26)7-9-17/h3-13,28H,1-2H3,(H,29,31). The van der Waals surface area contributed by atoms with Crippen LogP contribution in [0.25, 0.3) is 0 Å². The highest BCUT2D eigenvalue weighted by molar-refractivity contribution is 6.53. The van der Waals surface area contributed by atoms with Gasteiger partial charge in [0.05, 0.1) is 25.6 Å². The lowest BCUT2D eigenvalue weighted by atomic mass is 10.1. The van der Waals surface area contributed by atoms with Crippen LogP contribution in [0.2, 0.25) is 5.02 Å². The molecule has 0 fully saturated rings. The maximum Gasteiger partial charge on any atom is 0.283 e. The molecular formula is C25H19Cl2N3O5. The van der Waals surface area contributed by atoms with E-state index < -0.39 is 17.7 Å². The van der Waals surface area contributed by atoms with Gasteiger partial charge in [0.25, 0.3) is 17.7 Å². The number of methoxy groups -OCH3 is 2. The normalized spacial score (nSPS) is 13.2. The van der Waals surface area contributed by atoms with Gasteiger partial charge in [-0.3, -0.25) is 14.4 Å². The largest absolute Gasteiger partial charge is 0.497 e. The van der Waals surface area contributed by atoms with Crippen LogP contribution in [0.5, 0.6) is 11.5 Å². The summed E-state index contributed by atoms with van der Waals surface area (Å²) in [7, 11) is 3.02. The SMILES string of the molecule is COc1ccc(NC(=O)c2cccc(NC3=C(Cl)C(=O)N(c4ccc(Cl)cc4)C3=O)c2)c(OC)c1. The van der Waals surface area contributed by atoms with Crippen LogP contribution in [-0.2, 0) is 9.59 Å². The molecular weight excluding hydrogens is 493 g/mol. The quantitative estimate of drug-likeness (QED) is 0.431. The molecule has 178 valence electrons. The summed E-state index contributed by atoms with van der Waals surface area (Å²) in [5.41, 5.74) is 1.39. The fraction of sp³-hybridized carbons (Fsp3) is 0.0800. The first-order valence-corrected chi connectivity index (χ1v) is 11.0. The Labute approximate surface area is 211 Å². The van der Waals surface area contributed by atoms with Gasteiger partial charge in [-0.1, -0.05) is 29.3 Å². The van der Waals surface area contributed by atoms with Crippen molar-refractivity contribution in [2.75, 3.05) is 29.8 Å². The van der Waals surface area contributed by atoms with Crippen LogP contribution in [0.4, 0.5) is 17.1 Å². The zero-order valence-corrected chi connectivity index (χ0v) is 20.1. The summed E-state index contributed by atoms with van der Waals surface area (Å²) < 4.78 is 10.5. The number of carbonyl (C=O) groups is 3. The predicted molar refractivity (Wildman–Crippen MR) is 134 cm³/mol. The second kappa shape index (κ2) is 10.1. The molecule has 0 spiro atoms. The molecule has 0 bridgehead atoms. The Kier molecular flexibility index (Phi) is 6.95. The highest BCUT2D eigenvalue weighted by Gasteiger charge is 2.39. The van der Waals surface area contributed by atoms with Gasteiger partial charge in [-0.2, -0.15) is 0 Å². The average Bonchev–Trinajstić information content (AvgIpc) is 3.08. The molecule has 2 N–H and O–H groups in total. The lowest BCUT2D eigenvalue weighted by molar-refractivity contribution is -0.120. The number of imide groups is 1. The zero-order valence-electron chi connectivity index (χ0n) is 18.6. The smallest absolute Gasteiger partial charge is 0.283 e. The van der Waals surface area contributed by atoms with Gasteiger partial charge in [0.15, 0.2) is 0 Å². The topological polar surface area (TPSA) is 97.0 Å². The average molecular weight is 512 g/mol. The predicted octanol–water partition coefficient (Wildman–Crippen LogP) is 5.05. The highest BCUT2D eigenvalue weighted by atomic mass is 35.5. The third kappa shape index (κ3) is 4.94. The van der Waals surface area contributed by atoms with Gasteiger partial charge in [-0.05, 0) is 54.6 Å². The second-order valence-corrected chi connectivity index (χ2v) is 8.15. The van der Waals surface area contributed by atoms with Gasteiger partial charge in [0.1, 0.15) is 22.2 Å². The van der Waals surface area contributed by atoms with Crippen molar-refractivity contribution in [3.63, 3.8) is 0 Å². The third-order valence-electron chi connectivity index (χ3n) is 5.16. The Morgan fingerprint density at radius 1 is 0.886 bits per heavy atom. The number of carbonyl (C=O) groups excluding carboxylic acids is 3. The van der Waals surface area contributed by atoms with Crippen molar-refractivity contribution in [3.05, 3.63) is 88.0 Å². The molecule has 3 aromatic rings. The number of benzene rings is 3. The Morgan fingerprint density at radius 2 is 1.63 bits per heavy atom. The maximum atomic E-state index is 13.0. The molecule has 0 saturated heterocycles. The molecule has 3 aromatic carbocycles. The van der Waals surface area contributed by atoms with Crippen molar-refractivity contribution in [1.82, 2.24) is 0 Å². The number of rotatable bonds is 7. The zero-order chi connectivity index (χ0) is 25.1. The number of nitrogens with zero attached hydrogens (tertiary/aromatic N) is 1. The van der Waals surface area contributed by atoms with Crippen molar-refractivity contribution in [2.24, 2.45) is 0 Å². The van der Waals surface area contributed by atoms with E-state index in [1.807, 2.05) is 0 Å². The monoisotopic (exact) mass is 511 g/mol. The summed E-state index contributed by atoms with van der Waals surface area (Å²) in [4.78, 5) is 39.4. The second-order valence-electron chi connectivity index (χ2n) is 7.34. The lowest BCUT2D eigenvalue weighted by Crippen LogP contribution is -2.32. The van der Waals surface area contributed by atoms with Crippen molar-refractivity contribution < 1.29 is 23.9 Å². The van der Waals surface area contributed by atoms with Crippen molar-refractivity contribution in [2.45, 2.75) is 0 Å². The van der Waals surface area contributed by atoms with E-state index in [0.717, 1.165) is 4.90 Å². The molecule has 1 aliphatic rings. The van der Waals surface area contributed by atoms with Crippen LogP contribution in [-0.4, -0.2) is 31.9 Å². The first-order valence-electron chi connectivity index (χ1n) is 10.3. The van der Waals surface area contributed by atoms with Crippen molar-refractivity contribution >= 4 is 58.0 Å². The summed E-state index contributed by atoms with van der Waals surface area (Å²) in [5, 5.41) is 5.85. The number of nitrogens with one attached hydrogen (secondary N) is 2. The fourth-order valence-corrected chi connectivity index (χ4v) is 3.75. The van der Waals surface area contributed by atoms with E-state index in [9.17, 15) is 14.4 Å². The lowest BCUT2D eigenvalue weighted by Gasteiger charge is -2.15. The Hall–Kier alpha value is -4.01. The summed E-state index contributed by atoms with van der Waals surface area (Å²) in [6, 6.07) is 17.6. The molecule has 4 rings (SSSR count). The summed E-state index contributed by atoms with van der Waals surface area (Å²) in [5.74, 6) is -0.683. The van der Waals surface area contributed by atoms with Crippen molar-refractivity contribution in [3.8, 4) is 11.5 Å². The summed E-state index contributed by atoms with van der Waals surface area (Å²) in [6.07, 6.45) is 0. The van der Waals surface area contributed by atoms with Gasteiger partial charge in [0, 0.05) is 22.3 Å². The van der Waals surface area contributed by atoms with Crippen LogP contribution >= 0.6 is 23.2 Å². The molecule has 10 heteroatoms. The maximum absolute atomic E-state index is 13.0. The molecule has 1 aliphatic heterocycles. The summed E-state index contributed by atoms with van der Waals surface area (Å²) in [6.45, 7) is 0. The molecule has 0 aliphatic carbocycles. The van der Waals surface area contributed by atoms with E-state index in [0.29, 0.717) is 39.1 Å². The molecule has 0 unspecified atom stereocenters. The molecule has 0 aromatic heterocycles. The molecule has 0 atom stereocenters. The first kappa shape index (κ1) is 24.1. The van der Waals surface area contributed by atoms with Gasteiger partial charge in [-0.25, -0.2) is 4.90 Å². The van der Waals surface area contributed by atoms with E-state index >= 15 is 0 Å². The van der Waals surface area contributed by atoms with E-state index in [1.165, 1.54) is 20.3 Å². The number of hydrogen-bond donors (Lipinski definition) is 2. The van der Waals surface area contributed by atoms with Crippen LogP contribution in [0.15, 0.2) is 77.5 Å². The van der Waals surface area contributed by atoms with Crippen LogP contribution in [0.1, 0.15) is 10.4 Å². The molecule has 1 heterocycles. The Bertz CT molecular complexity index is 1360. The fourth-order valence-electron chi connectivity index (χ4n) is 3.41. The van der Waals surface area contributed by atoms with Crippen LogP contribution in [0.3, 0.4) is 0 Å². The third-order valence-corrected chi connectivity index (χ3v) is 5.77. The number of hydrogen-bond acceptors (Lipinski definition) is 6.